The van der Waals surface area contributed by atoms with Crippen molar-refractivity contribution in [1.82, 2.24) is 4.90 Å². The van der Waals surface area contributed by atoms with Crippen LogP contribution in [0.3, 0.4) is 0 Å². The first-order chi connectivity index (χ1) is 21.7. The van der Waals surface area contributed by atoms with Crippen molar-refractivity contribution in [1.29, 1.82) is 5.41 Å². The fraction of sp³-hybridized carbons (Fsp3) is 0.412. The molecule has 0 bridgehead atoms. The van der Waals surface area contributed by atoms with Crippen molar-refractivity contribution in [3.63, 3.8) is 0 Å². The highest BCUT2D eigenvalue weighted by Gasteiger charge is 2.30. The molecule has 0 spiro atoms. The van der Waals surface area contributed by atoms with Gasteiger partial charge in [0.25, 0.3) is 5.97 Å². The maximum Gasteiger partial charge on any atom is 0.343 e. The number of nitrogen functional groups attached to an aromatic ring is 1. The number of carbonyl (C=O) groups is 5. The van der Waals surface area contributed by atoms with Crippen LogP contribution in [0.25, 0.3) is 6.08 Å². The van der Waals surface area contributed by atoms with Gasteiger partial charge in [-0.15, -0.1) is 0 Å². The molecule has 12 heteroatoms. The number of rotatable bonds is 15. The zero-order valence-corrected chi connectivity index (χ0v) is 27.3. The third-order valence-corrected chi connectivity index (χ3v) is 6.31. The number of nitrogens with two attached hydrogens (primary N) is 1. The molecule has 2 rings (SSSR count). The second-order valence-electron chi connectivity index (χ2n) is 10.6. The minimum Gasteiger partial charge on any atom is -0.481 e. The van der Waals surface area contributed by atoms with Gasteiger partial charge in [0.2, 0.25) is 5.91 Å². The Hall–Kier alpha value is -5.00. The number of carboxylic acid groups (broad SMARTS) is 1. The molecule has 0 aliphatic carbocycles. The van der Waals surface area contributed by atoms with Gasteiger partial charge < -0.3 is 30.0 Å². The standard InChI is InChI=1S/C32H41N3O7.C2H4O2/c1-6-40-28(36)19-26(20-29(37)41-7-2)35(17-16-21(3)4)31(38)22(5)18-23-8-10-25(11-9-23)32(39)42-27-14-12-24(13-15-27)30(33)34;1-2(3)4/h8-15,18,21,26H,6-7,16-17,19-20H2,1-5H3,(H3,33,34);1H3,(H,3,4). The van der Waals surface area contributed by atoms with Gasteiger partial charge in [0.05, 0.1) is 37.7 Å². The quantitative estimate of drug-likeness (QED) is 0.0801. The molecule has 0 aromatic heterocycles. The lowest BCUT2D eigenvalue weighted by Gasteiger charge is -2.32. The summed E-state index contributed by atoms with van der Waals surface area (Å²) in [6.07, 6.45) is 2.11. The highest BCUT2D eigenvalue weighted by molar-refractivity contribution is 5.98. The van der Waals surface area contributed by atoms with Gasteiger partial charge in [0, 0.05) is 24.6 Å². The first-order valence-electron chi connectivity index (χ1n) is 14.9. The molecule has 12 nitrogen and oxygen atoms in total. The first-order valence-corrected chi connectivity index (χ1v) is 14.9. The molecule has 2 aromatic rings. The molecule has 0 radical (unpaired) electrons. The topological polar surface area (TPSA) is 186 Å². The highest BCUT2D eigenvalue weighted by atomic mass is 16.5. The lowest BCUT2D eigenvalue weighted by atomic mass is 10.0. The van der Waals surface area contributed by atoms with E-state index in [1.807, 2.05) is 13.8 Å². The molecule has 0 heterocycles. The van der Waals surface area contributed by atoms with E-state index in [0.29, 0.717) is 41.0 Å². The van der Waals surface area contributed by atoms with Crippen LogP contribution in [-0.4, -0.2) is 71.4 Å². The maximum absolute atomic E-state index is 13.7. The van der Waals surface area contributed by atoms with Gasteiger partial charge in [-0.2, -0.15) is 0 Å². The Morgan fingerprint density at radius 1 is 0.870 bits per heavy atom. The average molecular weight is 640 g/mol. The van der Waals surface area contributed by atoms with Crippen LogP contribution in [0.4, 0.5) is 0 Å². The summed E-state index contributed by atoms with van der Waals surface area (Å²) >= 11 is 0. The summed E-state index contributed by atoms with van der Waals surface area (Å²) in [6.45, 7) is 11.0. The Morgan fingerprint density at radius 2 is 1.35 bits per heavy atom. The van der Waals surface area contributed by atoms with Crippen molar-refractivity contribution in [2.45, 2.75) is 66.8 Å². The van der Waals surface area contributed by atoms with Crippen LogP contribution in [0, 0.1) is 11.3 Å². The lowest BCUT2D eigenvalue weighted by molar-refractivity contribution is -0.149. The van der Waals surface area contributed by atoms with E-state index < -0.39 is 29.9 Å². The van der Waals surface area contributed by atoms with E-state index >= 15 is 0 Å². The Balaban J connectivity index is 0.00000249. The zero-order chi connectivity index (χ0) is 34.8. The van der Waals surface area contributed by atoms with Crippen molar-refractivity contribution in [3.05, 3.63) is 70.8 Å². The SMILES string of the molecule is CC(=O)O.CCOC(=O)CC(CC(=O)OCC)N(CCC(C)C)C(=O)C(C)=Cc1ccc(C(=O)Oc2ccc(C(=N)N)cc2)cc1. The van der Waals surface area contributed by atoms with Crippen molar-refractivity contribution in [2.24, 2.45) is 11.7 Å². The lowest BCUT2D eigenvalue weighted by Crippen LogP contribution is -2.44. The summed E-state index contributed by atoms with van der Waals surface area (Å²) in [5, 5.41) is 14.9. The third-order valence-electron chi connectivity index (χ3n) is 6.31. The summed E-state index contributed by atoms with van der Waals surface area (Å²) in [7, 11) is 0. The van der Waals surface area contributed by atoms with Crippen LogP contribution in [0.1, 0.15) is 82.3 Å². The number of hydrogen-bond donors (Lipinski definition) is 3. The van der Waals surface area contributed by atoms with Crippen LogP contribution in [-0.2, 0) is 28.7 Å². The molecule has 4 N–H and O–H groups in total. The molecule has 250 valence electrons. The molecule has 0 fully saturated rings. The molecule has 0 atom stereocenters. The van der Waals surface area contributed by atoms with Gasteiger partial charge in [-0.25, -0.2) is 4.79 Å². The van der Waals surface area contributed by atoms with Crippen LogP contribution in [0.5, 0.6) is 5.75 Å². The maximum atomic E-state index is 13.7. The van der Waals surface area contributed by atoms with E-state index in [1.54, 1.807) is 80.3 Å². The second-order valence-corrected chi connectivity index (χ2v) is 10.6. The first kappa shape index (κ1) is 39.0. The van der Waals surface area contributed by atoms with Gasteiger partial charge in [-0.05, 0) is 81.1 Å². The number of amidine groups is 1. The number of benzene rings is 2. The van der Waals surface area contributed by atoms with E-state index in [9.17, 15) is 19.2 Å². The molecule has 46 heavy (non-hydrogen) atoms. The number of nitrogens with zero attached hydrogens (tertiary/aromatic N) is 1. The molecule has 0 saturated heterocycles. The molecule has 0 saturated carbocycles. The van der Waals surface area contributed by atoms with Crippen molar-refractivity contribution >= 4 is 41.7 Å². The summed E-state index contributed by atoms with van der Waals surface area (Å²) < 4.78 is 15.6. The van der Waals surface area contributed by atoms with Crippen molar-refractivity contribution in [2.75, 3.05) is 19.8 Å². The van der Waals surface area contributed by atoms with E-state index in [4.69, 9.17) is 35.3 Å². The van der Waals surface area contributed by atoms with E-state index in [-0.39, 0.29) is 43.7 Å². The fourth-order valence-electron chi connectivity index (χ4n) is 4.09. The zero-order valence-electron chi connectivity index (χ0n) is 27.3. The van der Waals surface area contributed by atoms with Gasteiger partial charge in [0.15, 0.2) is 0 Å². The summed E-state index contributed by atoms with van der Waals surface area (Å²) in [5.74, 6) is -2.17. The van der Waals surface area contributed by atoms with Crippen LogP contribution >= 0.6 is 0 Å². The number of esters is 3. The fourth-order valence-corrected chi connectivity index (χ4v) is 4.09. The monoisotopic (exact) mass is 639 g/mol. The van der Waals surface area contributed by atoms with Gasteiger partial charge in [-0.3, -0.25) is 24.6 Å². The molecule has 2 aromatic carbocycles. The minimum atomic E-state index is -0.833. The molecule has 0 aliphatic rings. The third kappa shape index (κ3) is 14.7. The Morgan fingerprint density at radius 3 is 1.78 bits per heavy atom. The predicted octanol–water partition coefficient (Wildman–Crippen LogP) is 4.83. The summed E-state index contributed by atoms with van der Waals surface area (Å²) in [6, 6.07) is 12.2. The van der Waals surface area contributed by atoms with Gasteiger partial charge in [-0.1, -0.05) is 26.0 Å². The van der Waals surface area contributed by atoms with E-state index in [2.05, 4.69) is 0 Å². The van der Waals surface area contributed by atoms with Gasteiger partial charge in [0.1, 0.15) is 11.6 Å². The smallest absolute Gasteiger partial charge is 0.343 e. The van der Waals surface area contributed by atoms with Crippen LogP contribution in [0.2, 0.25) is 0 Å². The molecule has 0 aliphatic heterocycles. The second kappa shape index (κ2) is 20.1. The average Bonchev–Trinajstić information content (AvgIpc) is 2.97. The largest absolute Gasteiger partial charge is 0.481 e. The Kier molecular flexibility index (Phi) is 17.1. The number of aliphatic carboxylic acids is 1. The Bertz CT molecular complexity index is 1340. The summed E-state index contributed by atoms with van der Waals surface area (Å²) in [5.41, 5.74) is 7.37. The van der Waals surface area contributed by atoms with E-state index in [1.165, 1.54) is 0 Å². The number of ether oxygens (including phenoxy) is 3. The van der Waals surface area contributed by atoms with Crippen LogP contribution < -0.4 is 10.5 Å². The van der Waals surface area contributed by atoms with Gasteiger partial charge >= 0.3 is 17.9 Å². The molecule has 0 unspecified atom stereocenters. The Labute approximate surface area is 270 Å². The molecular formula is C34H45N3O9. The van der Waals surface area contributed by atoms with Crippen molar-refractivity contribution in [3.8, 4) is 5.75 Å². The number of carbonyl (C=O) groups excluding carboxylic acids is 4. The van der Waals surface area contributed by atoms with E-state index in [0.717, 1.165) is 6.92 Å². The number of nitrogens with one attached hydrogen (secondary N) is 1. The molecular weight excluding hydrogens is 594 g/mol. The predicted molar refractivity (Wildman–Crippen MR) is 173 cm³/mol. The molecule has 1 amide bonds. The normalized spacial score (nSPS) is 10.8. The summed E-state index contributed by atoms with van der Waals surface area (Å²) in [4.78, 5) is 61.6. The van der Waals surface area contributed by atoms with Crippen molar-refractivity contribution < 1.29 is 43.3 Å². The number of amides is 1. The minimum absolute atomic E-state index is 0.0816. The number of hydrogen-bond acceptors (Lipinski definition) is 9. The number of carboxylic acids is 1. The van der Waals surface area contributed by atoms with Crippen LogP contribution in [0.15, 0.2) is 54.1 Å². The highest BCUT2D eigenvalue weighted by Crippen LogP contribution is 2.20.